The van der Waals surface area contributed by atoms with E-state index in [-0.39, 0.29) is 0 Å². The van der Waals surface area contributed by atoms with Crippen LogP contribution >= 0.6 is 0 Å². The summed E-state index contributed by atoms with van der Waals surface area (Å²) < 4.78 is 11.2. The lowest BCUT2D eigenvalue weighted by Gasteiger charge is -2.34. The van der Waals surface area contributed by atoms with Crippen LogP contribution in [0.4, 0.5) is 0 Å². The zero-order valence-corrected chi connectivity index (χ0v) is 12.7. The smallest absolute Gasteiger partial charge is 0.124 e. The highest BCUT2D eigenvalue weighted by atomic mass is 16.5. The summed E-state index contributed by atoms with van der Waals surface area (Å²) in [5.41, 5.74) is 1.28. The number of rotatable bonds is 5. The average Bonchev–Trinajstić information content (AvgIpc) is 3.01. The molecule has 1 aromatic heterocycles. The van der Waals surface area contributed by atoms with E-state index < -0.39 is 0 Å². The van der Waals surface area contributed by atoms with Crippen LogP contribution in [0.25, 0.3) is 0 Å². The molecule has 0 saturated heterocycles. The lowest BCUT2D eigenvalue weighted by Crippen LogP contribution is -2.38. The zero-order valence-electron chi connectivity index (χ0n) is 12.7. The summed E-state index contributed by atoms with van der Waals surface area (Å²) in [5, 5.41) is 3.77. The Morgan fingerprint density at radius 2 is 2.10 bits per heavy atom. The van der Waals surface area contributed by atoms with E-state index in [9.17, 15) is 0 Å². The van der Waals surface area contributed by atoms with Crippen LogP contribution in [0.15, 0.2) is 47.1 Å². The molecule has 21 heavy (non-hydrogen) atoms. The van der Waals surface area contributed by atoms with Crippen molar-refractivity contribution in [1.82, 2.24) is 5.32 Å². The Morgan fingerprint density at radius 3 is 2.90 bits per heavy atom. The third kappa shape index (κ3) is 3.30. The molecule has 1 aliphatic rings. The van der Waals surface area contributed by atoms with Crippen molar-refractivity contribution in [3.63, 3.8) is 0 Å². The van der Waals surface area contributed by atoms with E-state index in [0.717, 1.165) is 31.0 Å². The topological polar surface area (TPSA) is 34.4 Å². The first-order valence-corrected chi connectivity index (χ1v) is 7.74. The second kappa shape index (κ2) is 6.35. The first-order chi connectivity index (χ1) is 10.2. The summed E-state index contributed by atoms with van der Waals surface area (Å²) in [6.07, 6.45) is 3.78. The van der Waals surface area contributed by atoms with E-state index in [0.29, 0.717) is 18.0 Å². The van der Waals surface area contributed by atoms with Gasteiger partial charge in [-0.15, -0.1) is 0 Å². The van der Waals surface area contributed by atoms with Crippen LogP contribution in [0, 0.1) is 5.92 Å². The molecule has 0 aliphatic carbocycles. The summed E-state index contributed by atoms with van der Waals surface area (Å²) in [6.45, 7) is 5.26. The number of ether oxygens (including phenoxy) is 1. The van der Waals surface area contributed by atoms with Crippen LogP contribution in [0.5, 0.6) is 5.75 Å². The van der Waals surface area contributed by atoms with Crippen molar-refractivity contribution in [2.45, 2.75) is 38.8 Å². The molecule has 0 amide bonds. The van der Waals surface area contributed by atoms with E-state index in [1.807, 2.05) is 18.2 Å². The molecule has 3 atom stereocenters. The summed E-state index contributed by atoms with van der Waals surface area (Å²) >= 11 is 0. The maximum atomic E-state index is 5.81. The number of para-hydroxylation sites is 1. The van der Waals surface area contributed by atoms with Gasteiger partial charge in [0.15, 0.2) is 0 Å². The van der Waals surface area contributed by atoms with Gasteiger partial charge in [-0.1, -0.05) is 25.1 Å². The molecule has 112 valence electrons. The number of fused-ring (bicyclic) bond motifs is 1. The van der Waals surface area contributed by atoms with Gasteiger partial charge in [0, 0.05) is 30.0 Å². The molecule has 2 aromatic rings. The Bertz CT molecular complexity index is 564. The van der Waals surface area contributed by atoms with Crippen molar-refractivity contribution in [2.24, 2.45) is 5.92 Å². The standard InChI is InChI=1S/C18H23NO2/c1-13-12-21-17-8-4-3-7-16(17)18(13)19-14(2)9-10-15-6-5-11-20-15/h3-8,11,13-14,18-19H,9-10,12H2,1-2H3. The number of benzene rings is 1. The molecular weight excluding hydrogens is 262 g/mol. The van der Waals surface area contributed by atoms with Gasteiger partial charge < -0.3 is 14.5 Å². The molecule has 0 fully saturated rings. The number of hydrogen-bond acceptors (Lipinski definition) is 3. The predicted molar refractivity (Wildman–Crippen MR) is 83.5 cm³/mol. The molecule has 0 bridgehead atoms. The highest BCUT2D eigenvalue weighted by Gasteiger charge is 2.28. The summed E-state index contributed by atoms with van der Waals surface area (Å²) in [4.78, 5) is 0. The first-order valence-electron chi connectivity index (χ1n) is 7.74. The van der Waals surface area contributed by atoms with Crippen LogP contribution in [-0.4, -0.2) is 12.6 Å². The Morgan fingerprint density at radius 1 is 1.24 bits per heavy atom. The van der Waals surface area contributed by atoms with Crippen molar-refractivity contribution in [3.05, 3.63) is 54.0 Å². The highest BCUT2D eigenvalue weighted by molar-refractivity contribution is 5.38. The second-order valence-corrected chi connectivity index (χ2v) is 5.99. The van der Waals surface area contributed by atoms with Gasteiger partial charge in [0.05, 0.1) is 12.9 Å². The van der Waals surface area contributed by atoms with E-state index in [4.69, 9.17) is 9.15 Å². The molecule has 3 rings (SSSR count). The van der Waals surface area contributed by atoms with Gasteiger partial charge >= 0.3 is 0 Å². The molecule has 1 aromatic carbocycles. The quantitative estimate of drug-likeness (QED) is 0.903. The Labute approximate surface area is 126 Å². The number of aryl methyl sites for hydroxylation is 1. The van der Waals surface area contributed by atoms with Crippen LogP contribution < -0.4 is 10.1 Å². The van der Waals surface area contributed by atoms with Crippen LogP contribution in [0.2, 0.25) is 0 Å². The molecule has 3 nitrogen and oxygen atoms in total. The second-order valence-electron chi connectivity index (χ2n) is 5.99. The van der Waals surface area contributed by atoms with Crippen LogP contribution in [-0.2, 0) is 6.42 Å². The van der Waals surface area contributed by atoms with E-state index in [1.165, 1.54) is 5.56 Å². The van der Waals surface area contributed by atoms with E-state index in [2.05, 4.69) is 37.4 Å². The molecule has 0 saturated carbocycles. The van der Waals surface area contributed by atoms with Gasteiger partial charge in [-0.25, -0.2) is 0 Å². The zero-order chi connectivity index (χ0) is 14.7. The van der Waals surface area contributed by atoms with E-state index in [1.54, 1.807) is 6.26 Å². The Hall–Kier alpha value is -1.74. The third-order valence-electron chi connectivity index (χ3n) is 4.19. The van der Waals surface area contributed by atoms with Gasteiger partial charge in [-0.3, -0.25) is 0 Å². The normalized spacial score (nSPS) is 22.4. The van der Waals surface area contributed by atoms with Gasteiger partial charge in [-0.05, 0) is 31.5 Å². The van der Waals surface area contributed by atoms with Crippen LogP contribution in [0.1, 0.15) is 37.6 Å². The molecular formula is C18H23NO2. The molecule has 2 heterocycles. The van der Waals surface area contributed by atoms with Crippen molar-refractivity contribution >= 4 is 0 Å². The van der Waals surface area contributed by atoms with Crippen molar-refractivity contribution in [2.75, 3.05) is 6.61 Å². The lowest BCUT2D eigenvalue weighted by atomic mass is 9.91. The molecule has 3 unspecified atom stereocenters. The molecule has 1 N–H and O–H groups in total. The molecule has 0 radical (unpaired) electrons. The van der Waals surface area contributed by atoms with Crippen LogP contribution in [0.3, 0.4) is 0 Å². The summed E-state index contributed by atoms with van der Waals surface area (Å²) in [7, 11) is 0. The largest absolute Gasteiger partial charge is 0.493 e. The maximum Gasteiger partial charge on any atom is 0.124 e. The number of furan rings is 1. The van der Waals surface area contributed by atoms with Crippen molar-refractivity contribution in [1.29, 1.82) is 0 Å². The fraction of sp³-hybridized carbons (Fsp3) is 0.444. The van der Waals surface area contributed by atoms with Crippen molar-refractivity contribution in [3.8, 4) is 5.75 Å². The van der Waals surface area contributed by atoms with Gasteiger partial charge in [-0.2, -0.15) is 0 Å². The fourth-order valence-corrected chi connectivity index (χ4v) is 2.95. The van der Waals surface area contributed by atoms with Gasteiger partial charge in [0.2, 0.25) is 0 Å². The monoisotopic (exact) mass is 285 g/mol. The van der Waals surface area contributed by atoms with E-state index >= 15 is 0 Å². The average molecular weight is 285 g/mol. The van der Waals surface area contributed by atoms with Gasteiger partial charge in [0.25, 0.3) is 0 Å². The number of hydrogen-bond donors (Lipinski definition) is 1. The Balaban J connectivity index is 1.63. The minimum Gasteiger partial charge on any atom is -0.493 e. The van der Waals surface area contributed by atoms with Gasteiger partial charge in [0.1, 0.15) is 11.5 Å². The molecule has 3 heteroatoms. The highest BCUT2D eigenvalue weighted by Crippen LogP contribution is 2.35. The minimum absolute atomic E-state index is 0.363. The molecule has 1 aliphatic heterocycles. The third-order valence-corrected chi connectivity index (χ3v) is 4.19. The summed E-state index contributed by atoms with van der Waals surface area (Å²) in [5.74, 6) is 2.56. The lowest BCUT2D eigenvalue weighted by molar-refractivity contribution is 0.180. The fourth-order valence-electron chi connectivity index (χ4n) is 2.95. The maximum absolute atomic E-state index is 5.81. The SMILES string of the molecule is CC(CCc1ccco1)NC1c2ccccc2OCC1C. The minimum atomic E-state index is 0.363. The summed E-state index contributed by atoms with van der Waals surface area (Å²) in [6, 6.07) is 13.1. The van der Waals surface area contributed by atoms with Crippen molar-refractivity contribution < 1.29 is 9.15 Å². The number of nitrogens with one attached hydrogen (secondary N) is 1. The molecule has 0 spiro atoms. The predicted octanol–water partition coefficient (Wildman–Crippen LogP) is 3.96. The Kier molecular flexibility index (Phi) is 4.30. The first kappa shape index (κ1) is 14.2.